The van der Waals surface area contributed by atoms with E-state index >= 15 is 0 Å². The normalized spacial score (nSPS) is 11.6. The monoisotopic (exact) mass is 383 g/mol. The standard InChI is InChI=1S/C20H21N3OS2/c1-20(2,3)14-8-6-13(7-9-14)15-12-26-18-16(15)17(24)22-19(23-18)25-11-5-4-10-21/h6-9,12H,4-5,11H2,1-3H3,(H,22,23,24). The van der Waals surface area contributed by atoms with E-state index in [1.807, 2.05) is 5.38 Å². The van der Waals surface area contributed by atoms with Crippen molar-refractivity contribution < 1.29 is 0 Å². The van der Waals surface area contributed by atoms with E-state index in [-0.39, 0.29) is 11.0 Å². The number of benzene rings is 1. The number of nitriles is 1. The van der Waals surface area contributed by atoms with Crippen LogP contribution < -0.4 is 5.56 Å². The summed E-state index contributed by atoms with van der Waals surface area (Å²) in [5.41, 5.74) is 3.23. The average molecular weight is 384 g/mol. The summed E-state index contributed by atoms with van der Waals surface area (Å²) in [6.45, 7) is 6.56. The van der Waals surface area contributed by atoms with Gasteiger partial charge < -0.3 is 4.98 Å². The molecule has 0 unspecified atom stereocenters. The Kier molecular flexibility index (Phi) is 5.49. The van der Waals surface area contributed by atoms with E-state index in [1.165, 1.54) is 28.7 Å². The van der Waals surface area contributed by atoms with Crippen LogP contribution in [0.5, 0.6) is 0 Å². The van der Waals surface area contributed by atoms with Crippen LogP contribution in [0.25, 0.3) is 21.3 Å². The molecule has 1 aromatic carbocycles. The van der Waals surface area contributed by atoms with Crippen LogP contribution in [-0.4, -0.2) is 15.7 Å². The van der Waals surface area contributed by atoms with Crippen molar-refractivity contribution in [1.82, 2.24) is 9.97 Å². The van der Waals surface area contributed by atoms with Crippen LogP contribution in [0.1, 0.15) is 39.2 Å². The predicted molar refractivity (Wildman–Crippen MR) is 110 cm³/mol. The van der Waals surface area contributed by atoms with Crippen LogP contribution in [-0.2, 0) is 5.41 Å². The highest BCUT2D eigenvalue weighted by Crippen LogP contribution is 2.33. The molecule has 0 atom stereocenters. The number of fused-ring (bicyclic) bond motifs is 1. The molecular formula is C20H21N3OS2. The number of thioether (sulfide) groups is 1. The second kappa shape index (κ2) is 7.65. The molecule has 0 fully saturated rings. The second-order valence-electron chi connectivity index (χ2n) is 7.14. The second-order valence-corrected chi connectivity index (χ2v) is 9.08. The number of hydrogen-bond donors (Lipinski definition) is 1. The molecule has 0 aliphatic heterocycles. The minimum atomic E-state index is -0.103. The molecular weight excluding hydrogens is 362 g/mol. The maximum absolute atomic E-state index is 12.6. The summed E-state index contributed by atoms with van der Waals surface area (Å²) in [5, 5.41) is 11.9. The number of nitrogens with zero attached hydrogens (tertiary/aromatic N) is 2. The molecule has 26 heavy (non-hydrogen) atoms. The Morgan fingerprint density at radius 3 is 2.65 bits per heavy atom. The largest absolute Gasteiger partial charge is 0.301 e. The number of nitrogens with one attached hydrogen (secondary N) is 1. The molecule has 0 saturated carbocycles. The fourth-order valence-electron chi connectivity index (χ4n) is 2.68. The number of aromatic amines is 1. The van der Waals surface area contributed by atoms with Gasteiger partial charge in [0.1, 0.15) is 4.83 Å². The smallest absolute Gasteiger partial charge is 0.260 e. The lowest BCUT2D eigenvalue weighted by molar-refractivity contribution is 0.590. The SMILES string of the molecule is CC(C)(C)c1ccc(-c2csc3nc(SCCCC#N)[nH]c(=O)c23)cc1. The molecule has 3 aromatic rings. The van der Waals surface area contributed by atoms with Gasteiger partial charge >= 0.3 is 0 Å². The van der Waals surface area contributed by atoms with Crippen LogP contribution in [0.2, 0.25) is 0 Å². The first-order valence-electron chi connectivity index (χ1n) is 8.52. The summed E-state index contributed by atoms with van der Waals surface area (Å²) >= 11 is 2.98. The molecule has 6 heteroatoms. The highest BCUT2D eigenvalue weighted by atomic mass is 32.2. The number of rotatable bonds is 5. The number of aromatic nitrogens is 2. The highest BCUT2D eigenvalue weighted by Gasteiger charge is 2.16. The molecule has 134 valence electrons. The Labute approximate surface area is 161 Å². The Balaban J connectivity index is 1.91. The van der Waals surface area contributed by atoms with Gasteiger partial charge in [-0.3, -0.25) is 4.79 Å². The van der Waals surface area contributed by atoms with Gasteiger partial charge in [-0.25, -0.2) is 4.98 Å². The Hall–Kier alpha value is -2.10. The summed E-state index contributed by atoms with van der Waals surface area (Å²) < 4.78 is 0. The molecule has 3 rings (SSSR count). The third kappa shape index (κ3) is 4.00. The van der Waals surface area contributed by atoms with Crippen molar-refractivity contribution in [3.05, 3.63) is 45.6 Å². The average Bonchev–Trinajstić information content (AvgIpc) is 3.03. The van der Waals surface area contributed by atoms with Crippen molar-refractivity contribution >= 4 is 33.3 Å². The molecule has 2 heterocycles. The molecule has 0 bridgehead atoms. The zero-order valence-corrected chi connectivity index (χ0v) is 16.8. The molecule has 2 aromatic heterocycles. The molecule has 1 N–H and O–H groups in total. The molecule has 0 saturated heterocycles. The molecule has 0 radical (unpaired) electrons. The van der Waals surface area contributed by atoms with Crippen molar-refractivity contribution in [2.45, 2.75) is 44.2 Å². The van der Waals surface area contributed by atoms with Crippen LogP contribution in [0.3, 0.4) is 0 Å². The maximum atomic E-state index is 12.6. The van der Waals surface area contributed by atoms with Gasteiger partial charge in [-0.05, 0) is 23.0 Å². The quantitative estimate of drug-likeness (QED) is 0.366. The van der Waals surface area contributed by atoms with Gasteiger partial charge in [0.25, 0.3) is 5.56 Å². The first kappa shape index (κ1) is 18.7. The molecule has 0 amide bonds. The fourth-order valence-corrected chi connectivity index (χ4v) is 4.49. The topological polar surface area (TPSA) is 69.5 Å². The van der Waals surface area contributed by atoms with Gasteiger partial charge in [0.05, 0.1) is 11.5 Å². The van der Waals surface area contributed by atoms with Crippen LogP contribution in [0, 0.1) is 11.3 Å². The van der Waals surface area contributed by atoms with Crippen LogP contribution >= 0.6 is 23.1 Å². The van der Waals surface area contributed by atoms with Gasteiger partial charge in [0.15, 0.2) is 5.16 Å². The Morgan fingerprint density at radius 2 is 2.00 bits per heavy atom. The van der Waals surface area contributed by atoms with Crippen molar-refractivity contribution in [2.24, 2.45) is 0 Å². The van der Waals surface area contributed by atoms with Gasteiger partial charge in [-0.1, -0.05) is 56.8 Å². The minimum Gasteiger partial charge on any atom is -0.301 e. The van der Waals surface area contributed by atoms with E-state index in [0.717, 1.165) is 28.1 Å². The first-order chi connectivity index (χ1) is 12.4. The van der Waals surface area contributed by atoms with Gasteiger partial charge in [-0.15, -0.1) is 11.3 Å². The molecule has 0 spiro atoms. The van der Waals surface area contributed by atoms with Crippen molar-refractivity contribution in [1.29, 1.82) is 5.26 Å². The lowest BCUT2D eigenvalue weighted by Crippen LogP contribution is -2.10. The van der Waals surface area contributed by atoms with Crippen LogP contribution in [0.4, 0.5) is 0 Å². The highest BCUT2D eigenvalue weighted by molar-refractivity contribution is 7.99. The summed E-state index contributed by atoms with van der Waals surface area (Å²) in [4.78, 5) is 20.8. The van der Waals surface area contributed by atoms with E-state index in [0.29, 0.717) is 17.0 Å². The Bertz CT molecular complexity index is 1000. The van der Waals surface area contributed by atoms with Gasteiger partial charge in [0.2, 0.25) is 0 Å². The Morgan fingerprint density at radius 1 is 1.27 bits per heavy atom. The third-order valence-electron chi connectivity index (χ3n) is 4.16. The van der Waals surface area contributed by atoms with Crippen molar-refractivity contribution in [2.75, 3.05) is 5.75 Å². The number of H-pyrrole nitrogens is 1. The summed E-state index contributed by atoms with van der Waals surface area (Å²) in [6.07, 6.45) is 1.31. The maximum Gasteiger partial charge on any atom is 0.260 e. The predicted octanol–water partition coefficient (Wildman–Crippen LogP) is 5.34. The lowest BCUT2D eigenvalue weighted by Gasteiger charge is -2.19. The lowest BCUT2D eigenvalue weighted by atomic mass is 9.86. The number of hydrogen-bond acceptors (Lipinski definition) is 5. The molecule has 0 aliphatic rings. The van der Waals surface area contributed by atoms with Crippen LogP contribution in [0.15, 0.2) is 39.6 Å². The first-order valence-corrected chi connectivity index (χ1v) is 10.4. The van der Waals surface area contributed by atoms with Crippen molar-refractivity contribution in [3.8, 4) is 17.2 Å². The van der Waals surface area contributed by atoms with Gasteiger partial charge in [-0.2, -0.15) is 5.26 Å². The summed E-state index contributed by atoms with van der Waals surface area (Å²) in [7, 11) is 0. The van der Waals surface area contributed by atoms with E-state index in [4.69, 9.17) is 5.26 Å². The zero-order valence-electron chi connectivity index (χ0n) is 15.1. The summed E-state index contributed by atoms with van der Waals surface area (Å²) in [6, 6.07) is 10.5. The minimum absolute atomic E-state index is 0.103. The van der Waals surface area contributed by atoms with Gasteiger partial charge in [0, 0.05) is 23.1 Å². The third-order valence-corrected chi connectivity index (χ3v) is 5.99. The number of thiophene rings is 1. The van der Waals surface area contributed by atoms with E-state index in [1.54, 1.807) is 0 Å². The zero-order chi connectivity index (χ0) is 18.7. The summed E-state index contributed by atoms with van der Waals surface area (Å²) in [5.74, 6) is 0.772. The van der Waals surface area contributed by atoms with E-state index in [2.05, 4.69) is 61.1 Å². The fraction of sp³-hybridized carbons (Fsp3) is 0.350. The van der Waals surface area contributed by atoms with E-state index in [9.17, 15) is 4.79 Å². The number of unbranched alkanes of at least 4 members (excludes halogenated alkanes) is 1. The van der Waals surface area contributed by atoms with Crippen molar-refractivity contribution in [3.63, 3.8) is 0 Å². The molecule has 4 nitrogen and oxygen atoms in total. The molecule has 0 aliphatic carbocycles. The van der Waals surface area contributed by atoms with E-state index < -0.39 is 0 Å².